The molecule has 1 aliphatic rings. The summed E-state index contributed by atoms with van der Waals surface area (Å²) >= 11 is 1.52. The van der Waals surface area contributed by atoms with Crippen molar-refractivity contribution >= 4 is 49.8 Å². The number of thiazole rings is 1. The van der Waals surface area contributed by atoms with Crippen LogP contribution in [-0.4, -0.2) is 79.0 Å². The van der Waals surface area contributed by atoms with E-state index >= 15 is 0 Å². The normalized spacial score (nSPS) is 16.1. The molecule has 1 aliphatic heterocycles. The summed E-state index contributed by atoms with van der Waals surface area (Å²) in [5.74, 6) is -0.171. The van der Waals surface area contributed by atoms with Crippen LogP contribution in [-0.2, 0) is 26.0 Å². The van der Waals surface area contributed by atoms with E-state index in [1.165, 1.54) is 20.5 Å². The third-order valence-electron chi connectivity index (χ3n) is 6.32. The van der Waals surface area contributed by atoms with Crippen LogP contribution in [0.3, 0.4) is 0 Å². The molecular weight excluding hydrogens is 524 g/mol. The summed E-state index contributed by atoms with van der Waals surface area (Å²) in [4.78, 5) is 35.8. The minimum atomic E-state index is -3.85. The second-order valence-corrected chi connectivity index (χ2v) is 12.1. The first kappa shape index (κ1) is 27.7. The van der Waals surface area contributed by atoms with E-state index in [2.05, 4.69) is 15.3 Å². The molecule has 1 aromatic heterocycles. The van der Waals surface area contributed by atoms with E-state index in [1.807, 2.05) is 29.6 Å². The number of hydrogen-bond acceptors (Lipinski definition) is 7. The number of piperazine rings is 1. The van der Waals surface area contributed by atoms with Crippen LogP contribution in [0.1, 0.15) is 24.8 Å². The smallest absolute Gasteiger partial charge is 0.243 e. The van der Waals surface area contributed by atoms with Gasteiger partial charge >= 0.3 is 0 Å². The number of hydrogen-bond donors (Lipinski definition) is 2. The fourth-order valence-electron chi connectivity index (χ4n) is 4.37. The molecule has 2 aromatic carbocycles. The molecule has 3 aromatic rings. The van der Waals surface area contributed by atoms with Gasteiger partial charge in [-0.3, -0.25) is 14.6 Å². The van der Waals surface area contributed by atoms with E-state index in [0.29, 0.717) is 25.2 Å². The minimum absolute atomic E-state index is 0.118. The number of carbonyl (C=O) groups excluding carboxylic acids is 2. The topological polar surface area (TPSA) is 138 Å². The van der Waals surface area contributed by atoms with Gasteiger partial charge in [0.2, 0.25) is 21.8 Å². The van der Waals surface area contributed by atoms with Gasteiger partial charge in [-0.25, -0.2) is 13.4 Å². The Bertz CT molecular complexity index is 1400. The number of sulfonamides is 1. The van der Waals surface area contributed by atoms with Crippen molar-refractivity contribution in [3.63, 3.8) is 0 Å². The van der Waals surface area contributed by atoms with Gasteiger partial charge in [0.05, 0.1) is 28.8 Å². The zero-order valence-corrected chi connectivity index (χ0v) is 22.9. The maximum Gasteiger partial charge on any atom is 0.243 e. The molecule has 3 N–H and O–H groups in total. The molecular formula is C26H32N6O4S2. The number of rotatable bonds is 11. The van der Waals surface area contributed by atoms with Gasteiger partial charge in [0, 0.05) is 43.7 Å². The number of amidine groups is 1. The number of aliphatic imine (C=N–C) groups is 1. The first-order chi connectivity index (χ1) is 18.2. The summed E-state index contributed by atoms with van der Waals surface area (Å²) in [6.07, 6.45) is 3.74. The number of nitrogens with zero attached hydrogens (tertiary/aromatic N) is 4. The van der Waals surface area contributed by atoms with Gasteiger partial charge < -0.3 is 16.0 Å². The van der Waals surface area contributed by atoms with Crippen LogP contribution in [0.25, 0.3) is 10.8 Å². The van der Waals surface area contributed by atoms with Gasteiger partial charge in [0.15, 0.2) is 0 Å². The second-order valence-electron chi connectivity index (χ2n) is 9.22. The highest BCUT2D eigenvalue weighted by molar-refractivity contribution is 7.89. The van der Waals surface area contributed by atoms with Crippen molar-refractivity contribution in [1.82, 2.24) is 19.5 Å². The molecule has 38 heavy (non-hydrogen) atoms. The van der Waals surface area contributed by atoms with Crippen LogP contribution in [0.5, 0.6) is 0 Å². The van der Waals surface area contributed by atoms with E-state index in [-0.39, 0.29) is 43.0 Å². The molecule has 0 radical (unpaired) electrons. The van der Waals surface area contributed by atoms with E-state index in [1.54, 1.807) is 31.3 Å². The molecule has 1 saturated heterocycles. The highest BCUT2D eigenvalue weighted by Gasteiger charge is 2.33. The fourth-order valence-corrected chi connectivity index (χ4v) is 6.48. The first-order valence-electron chi connectivity index (χ1n) is 12.4. The highest BCUT2D eigenvalue weighted by atomic mass is 32.2. The molecule has 0 unspecified atom stereocenters. The van der Waals surface area contributed by atoms with Crippen molar-refractivity contribution in [3.8, 4) is 0 Å². The molecule has 2 heterocycles. The summed E-state index contributed by atoms with van der Waals surface area (Å²) in [6, 6.07) is 12.3. The summed E-state index contributed by atoms with van der Waals surface area (Å²) in [6.45, 7) is 2.13. The highest BCUT2D eigenvalue weighted by Crippen LogP contribution is 2.23. The zero-order valence-electron chi connectivity index (χ0n) is 21.2. The Morgan fingerprint density at radius 1 is 1.21 bits per heavy atom. The molecule has 202 valence electrons. The van der Waals surface area contributed by atoms with E-state index in [0.717, 1.165) is 22.2 Å². The summed E-state index contributed by atoms with van der Waals surface area (Å²) < 4.78 is 27.6. The number of aromatic nitrogens is 1. The number of benzene rings is 2. The number of carbonyl (C=O) groups is 2. The number of fused-ring (bicyclic) bond motifs is 1. The molecule has 0 spiro atoms. The molecule has 0 saturated carbocycles. The first-order valence-corrected chi connectivity index (χ1v) is 14.8. The lowest BCUT2D eigenvalue weighted by molar-refractivity contribution is -0.138. The lowest BCUT2D eigenvalue weighted by Crippen LogP contribution is -2.55. The molecule has 2 amide bonds. The van der Waals surface area contributed by atoms with Gasteiger partial charge in [0.1, 0.15) is 0 Å². The third kappa shape index (κ3) is 7.15. The van der Waals surface area contributed by atoms with Crippen LogP contribution in [0.15, 0.2) is 63.9 Å². The standard InChI is InChI=1S/C26H32N6O4S2/c1-19(27)28-10-4-7-22(16-25-29-11-14-37-25)30-24(33)17-31-12-13-32(18-26(31)34)38(35,36)23-9-8-20-5-2-3-6-21(20)15-23/h2-3,5-6,8-9,11,14-15,22H,4,7,10,12-13,16-18H2,1H3,(H2,27,28)(H,30,33)/t22-/m0/s1. The molecule has 0 bridgehead atoms. The van der Waals surface area contributed by atoms with Gasteiger partial charge in [-0.2, -0.15) is 4.31 Å². The number of nitrogens with two attached hydrogens (primary N) is 1. The van der Waals surface area contributed by atoms with E-state index in [9.17, 15) is 18.0 Å². The van der Waals surface area contributed by atoms with Crippen molar-refractivity contribution in [2.75, 3.05) is 32.7 Å². The summed E-state index contributed by atoms with van der Waals surface area (Å²) in [5, 5.41) is 7.57. The summed E-state index contributed by atoms with van der Waals surface area (Å²) in [7, 11) is -3.85. The largest absolute Gasteiger partial charge is 0.388 e. The van der Waals surface area contributed by atoms with Gasteiger partial charge in [0.25, 0.3) is 0 Å². The Hall–Kier alpha value is -3.35. The van der Waals surface area contributed by atoms with Crippen molar-refractivity contribution in [2.45, 2.75) is 37.1 Å². The maximum atomic E-state index is 13.2. The van der Waals surface area contributed by atoms with Crippen molar-refractivity contribution in [3.05, 3.63) is 59.0 Å². The van der Waals surface area contributed by atoms with Gasteiger partial charge in [-0.15, -0.1) is 11.3 Å². The Kier molecular flexibility index (Phi) is 9.08. The van der Waals surface area contributed by atoms with Crippen molar-refractivity contribution < 1.29 is 18.0 Å². The van der Waals surface area contributed by atoms with Crippen LogP contribution >= 0.6 is 11.3 Å². The number of amides is 2. The van der Waals surface area contributed by atoms with Gasteiger partial charge in [-0.05, 0) is 42.7 Å². The average Bonchev–Trinajstić information content (AvgIpc) is 3.40. The Balaban J connectivity index is 1.34. The Labute approximate surface area is 226 Å². The second kappa shape index (κ2) is 12.5. The lowest BCUT2D eigenvalue weighted by Gasteiger charge is -2.33. The molecule has 10 nitrogen and oxygen atoms in total. The molecule has 0 aliphatic carbocycles. The van der Waals surface area contributed by atoms with Crippen LogP contribution < -0.4 is 11.1 Å². The molecule has 1 fully saturated rings. The van der Waals surface area contributed by atoms with E-state index in [4.69, 9.17) is 5.73 Å². The van der Waals surface area contributed by atoms with Crippen LogP contribution in [0.2, 0.25) is 0 Å². The fraction of sp³-hybridized carbons (Fsp3) is 0.385. The Morgan fingerprint density at radius 3 is 2.71 bits per heavy atom. The SMILES string of the molecule is CC(N)=NCCC[C@@H](Cc1nccs1)NC(=O)CN1CCN(S(=O)(=O)c2ccc3ccccc3c2)CC1=O. The van der Waals surface area contributed by atoms with E-state index < -0.39 is 15.9 Å². The average molecular weight is 557 g/mol. The maximum absolute atomic E-state index is 13.2. The summed E-state index contributed by atoms with van der Waals surface area (Å²) in [5.41, 5.74) is 5.60. The predicted molar refractivity (Wildman–Crippen MR) is 148 cm³/mol. The van der Waals surface area contributed by atoms with Crippen LogP contribution in [0, 0.1) is 0 Å². The molecule has 4 rings (SSSR count). The Morgan fingerprint density at radius 2 is 2.00 bits per heavy atom. The van der Waals surface area contributed by atoms with Gasteiger partial charge in [-0.1, -0.05) is 30.3 Å². The zero-order chi connectivity index (χ0) is 27.1. The number of nitrogens with one attached hydrogen (secondary N) is 1. The monoisotopic (exact) mass is 556 g/mol. The van der Waals surface area contributed by atoms with Crippen molar-refractivity contribution in [2.24, 2.45) is 10.7 Å². The third-order valence-corrected chi connectivity index (χ3v) is 8.96. The van der Waals surface area contributed by atoms with Crippen molar-refractivity contribution in [1.29, 1.82) is 0 Å². The molecule has 1 atom stereocenters. The lowest BCUT2D eigenvalue weighted by atomic mass is 10.1. The predicted octanol–water partition coefficient (Wildman–Crippen LogP) is 2.01. The molecule has 12 heteroatoms. The van der Waals surface area contributed by atoms with Crippen LogP contribution in [0.4, 0.5) is 0 Å². The quantitative estimate of drug-likeness (QED) is 0.211. The minimum Gasteiger partial charge on any atom is -0.388 e.